The number of nitrogens with one attached hydrogen (secondary N) is 1. The molecule has 0 amide bonds. The molecule has 8 N–H and O–H groups in total. The van der Waals surface area contributed by atoms with Crippen LogP contribution in [0.15, 0.2) is 6.33 Å². The van der Waals surface area contributed by atoms with Crippen molar-refractivity contribution < 1.29 is 56.3 Å². The molecule has 0 aliphatic carbocycles. The van der Waals surface area contributed by atoms with E-state index in [1.165, 1.54) is 10.9 Å². The number of rotatable bonds is 8. The minimum Gasteiger partial charge on any atom is -0.390 e. The molecular weight excluding hydrogens is 507 g/mol. The average Bonchev–Trinajstić information content (AvgIpc) is 3.13. The van der Waals surface area contributed by atoms with Gasteiger partial charge < -0.3 is 40.1 Å². The van der Waals surface area contributed by atoms with E-state index in [4.69, 9.17) is 37.4 Å². The van der Waals surface area contributed by atoms with E-state index in [1.54, 1.807) is 0 Å². The number of imidazole rings is 1. The number of hydrogen-bond acceptors (Lipinski definition) is 12. The van der Waals surface area contributed by atoms with Gasteiger partial charge in [0.1, 0.15) is 23.5 Å². The summed E-state index contributed by atoms with van der Waals surface area (Å²) >= 11 is 5.06. The first-order chi connectivity index (χ1) is 14.2. The highest BCUT2D eigenvalue weighted by Gasteiger charge is 2.43. The van der Waals surface area contributed by atoms with E-state index in [0.29, 0.717) is 11.2 Å². The number of aliphatic hydroxyl groups excluding tert-OH is 1. The molecule has 0 saturated carbocycles. The number of H-pyrrole nitrogens is 1. The number of aromatic nitrogens is 4. The number of nitrogens with two attached hydrogens (primary N) is 1. The molecule has 17 nitrogen and oxygen atoms in total. The van der Waals surface area contributed by atoms with Crippen LogP contribution in [0.5, 0.6) is 0 Å². The number of nitrogen functional groups attached to an aromatic ring is 1. The first-order valence-electron chi connectivity index (χ1n) is 8.00. The van der Waals surface area contributed by atoms with Crippen molar-refractivity contribution in [2.24, 2.45) is 0 Å². The third-order valence-corrected chi connectivity index (χ3v) is 7.88. The molecule has 0 spiro atoms. The monoisotopic (exact) mass is 523 g/mol. The summed E-state index contributed by atoms with van der Waals surface area (Å²) in [5, 5.41) is 10.2. The molecule has 21 heteroatoms. The molecule has 3 heterocycles. The van der Waals surface area contributed by atoms with Crippen LogP contribution in [0.4, 0.5) is 5.95 Å². The second-order valence-corrected chi connectivity index (χ2v) is 10.9. The molecule has 2 aromatic heterocycles. The van der Waals surface area contributed by atoms with Crippen LogP contribution in [0.1, 0.15) is 12.6 Å². The van der Waals surface area contributed by atoms with Gasteiger partial charge in [-0.05, 0) is 0 Å². The van der Waals surface area contributed by atoms with E-state index in [-0.39, 0.29) is 17.0 Å². The lowest BCUT2D eigenvalue weighted by molar-refractivity contribution is -0.0423. The van der Waals surface area contributed by atoms with Crippen molar-refractivity contribution in [2.75, 3.05) is 12.3 Å². The average molecular weight is 523 g/mol. The van der Waals surface area contributed by atoms with Crippen molar-refractivity contribution >= 4 is 52.8 Å². The second kappa shape index (κ2) is 8.68. The van der Waals surface area contributed by atoms with Gasteiger partial charge in [0.25, 0.3) is 0 Å². The van der Waals surface area contributed by atoms with Gasteiger partial charge in [-0.1, -0.05) is 12.2 Å². The Morgan fingerprint density at radius 2 is 1.94 bits per heavy atom. The fourth-order valence-corrected chi connectivity index (χ4v) is 5.96. The Kier molecular flexibility index (Phi) is 6.87. The number of phosphoric acid groups is 3. The maximum absolute atomic E-state index is 11.8. The van der Waals surface area contributed by atoms with Gasteiger partial charge in [-0.2, -0.15) is 8.62 Å². The Morgan fingerprint density at radius 3 is 2.58 bits per heavy atom. The number of aromatic amines is 1. The van der Waals surface area contributed by atoms with Crippen LogP contribution >= 0.6 is 35.7 Å². The highest BCUT2D eigenvalue weighted by molar-refractivity contribution is 7.71. The first-order valence-corrected chi connectivity index (χ1v) is 12.9. The summed E-state index contributed by atoms with van der Waals surface area (Å²) in [6.07, 6.45) is -1.91. The van der Waals surface area contributed by atoms with Crippen molar-refractivity contribution in [3.63, 3.8) is 0 Å². The van der Waals surface area contributed by atoms with Gasteiger partial charge >= 0.3 is 23.5 Å². The maximum Gasteiger partial charge on any atom is 0.490 e. The van der Waals surface area contributed by atoms with Crippen LogP contribution in [-0.2, 0) is 31.6 Å². The quantitative estimate of drug-likeness (QED) is 0.178. The SMILES string of the molecule is Nc1nc(=S)c2ncn([C@H]3C[C@H](O)[C@@H](COP(=O)(O)OP(=O)(O)OP(=O)(O)O)O3)c2[nH]1. The molecule has 2 unspecified atom stereocenters. The van der Waals surface area contributed by atoms with Gasteiger partial charge in [-0.15, -0.1) is 0 Å². The standard InChI is InChI=1S/C10H16N5O12P3S/c11-10-13-8-7(9(31)14-10)12-3-15(8)6-1-4(16)5(25-6)2-24-29(20,21)27-30(22,23)26-28(17,18)19/h3-6,16H,1-2H2,(H,20,21)(H,22,23)(H2,17,18,19)(H3,11,13,14,31)/t4-,5+,6+/m0/s1. The van der Waals surface area contributed by atoms with E-state index in [0.717, 1.165) is 0 Å². The number of anilines is 1. The van der Waals surface area contributed by atoms with E-state index in [1.807, 2.05) is 0 Å². The highest BCUT2D eigenvalue weighted by atomic mass is 32.1. The Balaban J connectivity index is 1.67. The second-order valence-electron chi connectivity index (χ2n) is 6.10. The lowest BCUT2D eigenvalue weighted by Gasteiger charge is -2.19. The molecule has 0 radical (unpaired) electrons. The number of ether oxygens (including phenoxy) is 1. The predicted octanol–water partition coefficient (Wildman–Crippen LogP) is 0.0628. The number of fused-ring (bicyclic) bond motifs is 1. The smallest absolute Gasteiger partial charge is 0.390 e. The largest absolute Gasteiger partial charge is 0.490 e. The van der Waals surface area contributed by atoms with E-state index in [2.05, 4.69) is 28.1 Å². The summed E-state index contributed by atoms with van der Waals surface area (Å²) < 4.78 is 52.6. The predicted molar refractivity (Wildman–Crippen MR) is 101 cm³/mol. The lowest BCUT2D eigenvalue weighted by atomic mass is 10.2. The number of hydrogen-bond donors (Lipinski definition) is 7. The van der Waals surface area contributed by atoms with E-state index < -0.39 is 48.5 Å². The zero-order chi connectivity index (χ0) is 23.2. The van der Waals surface area contributed by atoms with Crippen molar-refractivity contribution in [1.82, 2.24) is 19.5 Å². The van der Waals surface area contributed by atoms with Crippen LogP contribution in [-0.4, -0.2) is 63.0 Å². The van der Waals surface area contributed by atoms with Crippen molar-refractivity contribution in [3.8, 4) is 0 Å². The van der Waals surface area contributed by atoms with Crippen LogP contribution in [0.25, 0.3) is 11.2 Å². The maximum atomic E-state index is 11.8. The number of nitrogens with zero attached hydrogens (tertiary/aromatic N) is 3. The zero-order valence-electron chi connectivity index (χ0n) is 15.0. The summed E-state index contributed by atoms with van der Waals surface area (Å²) in [6, 6.07) is 0. The molecule has 1 aliphatic rings. The highest BCUT2D eigenvalue weighted by Crippen LogP contribution is 2.66. The van der Waals surface area contributed by atoms with Crippen LogP contribution in [0.3, 0.4) is 0 Å². The van der Waals surface area contributed by atoms with Gasteiger partial charge in [-0.3, -0.25) is 9.09 Å². The molecule has 31 heavy (non-hydrogen) atoms. The summed E-state index contributed by atoms with van der Waals surface area (Å²) in [5.74, 6) is 0.0157. The Hall–Kier alpha value is -1.10. The molecule has 3 rings (SSSR count). The van der Waals surface area contributed by atoms with Crippen LogP contribution in [0.2, 0.25) is 0 Å². The minimum absolute atomic E-state index is 0.0152. The molecule has 1 aliphatic heterocycles. The molecule has 5 atom stereocenters. The Bertz CT molecular complexity index is 1180. The minimum atomic E-state index is -5.65. The third-order valence-electron chi connectivity index (χ3n) is 3.80. The number of phosphoric ester groups is 1. The molecule has 1 fully saturated rings. The Morgan fingerprint density at radius 1 is 1.26 bits per heavy atom. The molecule has 1 saturated heterocycles. The topological polar surface area (TPSA) is 262 Å². The summed E-state index contributed by atoms with van der Waals surface area (Å²) in [5.41, 5.74) is 6.30. The van der Waals surface area contributed by atoms with E-state index >= 15 is 0 Å². The number of aliphatic hydroxyl groups is 1. The van der Waals surface area contributed by atoms with Crippen molar-refractivity contribution in [1.29, 1.82) is 0 Å². The molecule has 0 aromatic carbocycles. The van der Waals surface area contributed by atoms with Crippen LogP contribution < -0.4 is 5.73 Å². The van der Waals surface area contributed by atoms with Gasteiger partial charge in [0, 0.05) is 6.42 Å². The molecular formula is C10H16N5O12P3S. The zero-order valence-corrected chi connectivity index (χ0v) is 18.5. The van der Waals surface area contributed by atoms with Crippen LogP contribution in [0, 0.1) is 4.64 Å². The van der Waals surface area contributed by atoms with E-state index in [9.17, 15) is 23.7 Å². The lowest BCUT2D eigenvalue weighted by Crippen LogP contribution is -2.26. The van der Waals surface area contributed by atoms with Crippen molar-refractivity contribution in [2.45, 2.75) is 24.9 Å². The van der Waals surface area contributed by atoms with Gasteiger partial charge in [0.05, 0.1) is 19.0 Å². The van der Waals surface area contributed by atoms with Gasteiger partial charge in [0.15, 0.2) is 10.6 Å². The summed E-state index contributed by atoms with van der Waals surface area (Å²) in [7, 11) is -16.5. The summed E-state index contributed by atoms with van der Waals surface area (Å²) in [4.78, 5) is 46.3. The summed E-state index contributed by atoms with van der Waals surface area (Å²) in [6.45, 7) is -0.798. The third kappa shape index (κ3) is 6.24. The fraction of sp³-hybridized carbons (Fsp3) is 0.500. The first kappa shape index (κ1) is 24.5. The van der Waals surface area contributed by atoms with Gasteiger partial charge in [0.2, 0.25) is 0 Å². The molecule has 174 valence electrons. The Labute approximate surface area is 177 Å². The fourth-order valence-electron chi connectivity index (χ4n) is 2.68. The molecule has 2 aromatic rings. The normalized spacial score (nSPS) is 26.0. The van der Waals surface area contributed by atoms with Gasteiger partial charge in [-0.25, -0.2) is 23.7 Å². The van der Waals surface area contributed by atoms with Crippen molar-refractivity contribution in [3.05, 3.63) is 11.0 Å². The molecule has 0 bridgehead atoms.